The third-order valence-corrected chi connectivity index (χ3v) is 2.66. The molecule has 1 aromatic heterocycles. The van der Waals surface area contributed by atoms with E-state index in [0.29, 0.717) is 24.7 Å². The molecule has 7 nitrogen and oxygen atoms in total. The molecule has 1 aliphatic carbocycles. The highest BCUT2D eigenvalue weighted by Gasteiger charge is 2.29. The molecule has 0 unspecified atom stereocenters. The van der Waals surface area contributed by atoms with E-state index < -0.39 is 5.97 Å². The Kier molecular flexibility index (Phi) is 3.91. The molecule has 18 heavy (non-hydrogen) atoms. The summed E-state index contributed by atoms with van der Waals surface area (Å²) in [5.74, 6) is -0.136. The Morgan fingerprint density at radius 1 is 1.28 bits per heavy atom. The number of unbranched alkanes of at least 4 members (excludes halogenated alkanes) is 1. The van der Waals surface area contributed by atoms with E-state index in [1.165, 1.54) is 0 Å². The molecule has 0 radical (unpaired) electrons. The first-order valence-electron chi connectivity index (χ1n) is 6.00. The largest absolute Gasteiger partial charge is 0.481 e. The van der Waals surface area contributed by atoms with Crippen LogP contribution in [-0.4, -0.2) is 27.2 Å². The molecule has 0 aromatic carbocycles. The topological polar surface area (TPSA) is 105 Å². The Morgan fingerprint density at radius 3 is 2.67 bits per heavy atom. The minimum absolute atomic E-state index is 0.0830. The third kappa shape index (κ3) is 3.83. The number of hydrogen-bond donors (Lipinski definition) is 2. The Morgan fingerprint density at radius 2 is 2.00 bits per heavy atom. The number of nitrogens with zero attached hydrogens (tertiary/aromatic N) is 2. The summed E-state index contributed by atoms with van der Waals surface area (Å²) in [6.45, 7) is 0. The van der Waals surface area contributed by atoms with Crippen LogP contribution in [0.3, 0.4) is 0 Å². The van der Waals surface area contributed by atoms with Crippen molar-refractivity contribution in [3.8, 4) is 0 Å². The second kappa shape index (κ2) is 5.61. The van der Waals surface area contributed by atoms with Crippen molar-refractivity contribution < 1.29 is 19.1 Å². The molecule has 0 atom stereocenters. The van der Waals surface area contributed by atoms with Crippen molar-refractivity contribution in [2.75, 3.05) is 5.32 Å². The van der Waals surface area contributed by atoms with Gasteiger partial charge in [0, 0.05) is 18.8 Å². The summed E-state index contributed by atoms with van der Waals surface area (Å²) in [4.78, 5) is 21.7. The lowest BCUT2D eigenvalue weighted by Crippen LogP contribution is -2.11. The van der Waals surface area contributed by atoms with Gasteiger partial charge in [0.05, 0.1) is 0 Å². The van der Waals surface area contributed by atoms with Gasteiger partial charge in [-0.05, 0) is 25.7 Å². The number of aliphatic carboxylic acids is 1. The van der Waals surface area contributed by atoms with E-state index in [1.54, 1.807) is 0 Å². The number of carboxylic acid groups (broad SMARTS) is 1. The zero-order valence-corrected chi connectivity index (χ0v) is 9.89. The highest BCUT2D eigenvalue weighted by molar-refractivity contribution is 5.88. The number of rotatable bonds is 7. The van der Waals surface area contributed by atoms with E-state index in [-0.39, 0.29) is 24.8 Å². The Hall–Kier alpha value is -1.92. The lowest BCUT2D eigenvalue weighted by molar-refractivity contribution is -0.137. The first kappa shape index (κ1) is 12.5. The summed E-state index contributed by atoms with van der Waals surface area (Å²) in [5, 5.41) is 18.5. The van der Waals surface area contributed by atoms with Crippen LogP contribution in [0.5, 0.6) is 0 Å². The fourth-order valence-electron chi connectivity index (χ4n) is 1.52. The van der Waals surface area contributed by atoms with E-state index >= 15 is 0 Å². The molecule has 98 valence electrons. The monoisotopic (exact) mass is 253 g/mol. The second-order valence-electron chi connectivity index (χ2n) is 4.37. The zero-order valence-electron chi connectivity index (χ0n) is 9.89. The van der Waals surface area contributed by atoms with Crippen LogP contribution in [0.4, 0.5) is 6.01 Å². The van der Waals surface area contributed by atoms with Gasteiger partial charge in [-0.1, -0.05) is 5.10 Å². The van der Waals surface area contributed by atoms with Crippen molar-refractivity contribution in [1.82, 2.24) is 10.2 Å². The van der Waals surface area contributed by atoms with Gasteiger partial charge in [-0.3, -0.25) is 14.9 Å². The average molecular weight is 253 g/mol. The van der Waals surface area contributed by atoms with E-state index in [0.717, 1.165) is 12.8 Å². The highest BCUT2D eigenvalue weighted by Crippen LogP contribution is 2.39. The number of nitrogens with one attached hydrogen (secondary N) is 1. The number of amides is 1. The minimum Gasteiger partial charge on any atom is -0.481 e. The van der Waals surface area contributed by atoms with E-state index in [1.807, 2.05) is 0 Å². The first-order valence-corrected chi connectivity index (χ1v) is 6.00. The molecule has 0 aliphatic heterocycles. The molecule has 1 aromatic rings. The Labute approximate surface area is 104 Å². The van der Waals surface area contributed by atoms with Crippen molar-refractivity contribution in [3.05, 3.63) is 5.89 Å². The lowest BCUT2D eigenvalue weighted by Gasteiger charge is -1.99. The van der Waals surface area contributed by atoms with Gasteiger partial charge in [-0.15, -0.1) is 5.10 Å². The molecule has 1 fully saturated rings. The number of carboxylic acids is 1. The maximum Gasteiger partial charge on any atom is 0.322 e. The lowest BCUT2D eigenvalue weighted by atomic mass is 10.2. The maximum atomic E-state index is 11.5. The summed E-state index contributed by atoms with van der Waals surface area (Å²) in [5.41, 5.74) is 0. The average Bonchev–Trinajstić information content (AvgIpc) is 3.06. The highest BCUT2D eigenvalue weighted by atomic mass is 16.4. The van der Waals surface area contributed by atoms with Crippen molar-refractivity contribution in [2.45, 2.75) is 44.4 Å². The van der Waals surface area contributed by atoms with Gasteiger partial charge < -0.3 is 9.52 Å². The van der Waals surface area contributed by atoms with Crippen molar-refractivity contribution in [2.24, 2.45) is 0 Å². The summed E-state index contributed by atoms with van der Waals surface area (Å²) in [6.07, 6.45) is 3.48. The van der Waals surface area contributed by atoms with Gasteiger partial charge in [0.25, 0.3) is 0 Å². The predicted molar refractivity (Wildman–Crippen MR) is 61.0 cm³/mol. The quantitative estimate of drug-likeness (QED) is 0.714. The van der Waals surface area contributed by atoms with E-state index in [2.05, 4.69) is 15.5 Å². The molecule has 0 spiro atoms. The fraction of sp³-hybridized carbons (Fsp3) is 0.636. The van der Waals surface area contributed by atoms with Gasteiger partial charge >= 0.3 is 12.0 Å². The molecular formula is C11H15N3O4. The van der Waals surface area contributed by atoms with Crippen molar-refractivity contribution in [3.63, 3.8) is 0 Å². The van der Waals surface area contributed by atoms with Crippen LogP contribution in [0.15, 0.2) is 4.42 Å². The zero-order chi connectivity index (χ0) is 13.0. The van der Waals surface area contributed by atoms with Gasteiger partial charge in [-0.25, -0.2) is 0 Å². The van der Waals surface area contributed by atoms with Gasteiger partial charge in [-0.2, -0.15) is 0 Å². The molecular weight excluding hydrogens is 238 g/mol. The van der Waals surface area contributed by atoms with E-state index in [9.17, 15) is 9.59 Å². The predicted octanol–water partition coefficient (Wildman–Crippen LogP) is 1.53. The molecule has 2 N–H and O–H groups in total. The van der Waals surface area contributed by atoms with Crippen molar-refractivity contribution >= 4 is 17.9 Å². The molecule has 1 heterocycles. The second-order valence-corrected chi connectivity index (χ2v) is 4.37. The standard InChI is InChI=1S/C11H15N3O4/c15-8(3-1-2-4-9(16)17)12-11-14-13-10(18-11)7-5-6-7/h7H,1-6H2,(H,16,17)(H,12,14,15). The van der Waals surface area contributed by atoms with Gasteiger partial charge in [0.1, 0.15) is 0 Å². The van der Waals surface area contributed by atoms with Crippen LogP contribution >= 0.6 is 0 Å². The molecule has 0 bridgehead atoms. The normalized spacial score (nSPS) is 14.4. The molecule has 2 rings (SSSR count). The third-order valence-electron chi connectivity index (χ3n) is 2.66. The summed E-state index contributed by atoms with van der Waals surface area (Å²) in [7, 11) is 0. The Balaban J connectivity index is 1.67. The number of hydrogen-bond acceptors (Lipinski definition) is 5. The summed E-state index contributed by atoms with van der Waals surface area (Å²) in [6, 6.07) is 0.125. The smallest absolute Gasteiger partial charge is 0.322 e. The fourth-order valence-corrected chi connectivity index (χ4v) is 1.52. The SMILES string of the molecule is O=C(O)CCCCC(=O)Nc1nnc(C2CC2)o1. The van der Waals surface area contributed by atoms with Crippen LogP contribution in [0, 0.1) is 0 Å². The van der Waals surface area contributed by atoms with Crippen LogP contribution in [-0.2, 0) is 9.59 Å². The Bertz CT molecular complexity index is 439. The van der Waals surface area contributed by atoms with Crippen LogP contribution in [0.25, 0.3) is 0 Å². The van der Waals surface area contributed by atoms with Crippen LogP contribution in [0.1, 0.15) is 50.3 Å². The molecule has 1 amide bonds. The van der Waals surface area contributed by atoms with Gasteiger partial charge in [0.2, 0.25) is 11.8 Å². The number of carbonyl (C=O) groups is 2. The van der Waals surface area contributed by atoms with E-state index in [4.69, 9.17) is 9.52 Å². The molecule has 7 heteroatoms. The number of aromatic nitrogens is 2. The maximum absolute atomic E-state index is 11.5. The minimum atomic E-state index is -0.846. The summed E-state index contributed by atoms with van der Waals surface area (Å²) >= 11 is 0. The van der Waals surface area contributed by atoms with Crippen LogP contribution in [0.2, 0.25) is 0 Å². The number of anilines is 1. The molecule has 0 saturated heterocycles. The van der Waals surface area contributed by atoms with Crippen molar-refractivity contribution in [1.29, 1.82) is 0 Å². The molecule has 1 aliphatic rings. The summed E-state index contributed by atoms with van der Waals surface area (Å²) < 4.78 is 5.27. The van der Waals surface area contributed by atoms with Crippen LogP contribution < -0.4 is 5.32 Å². The molecule has 1 saturated carbocycles. The van der Waals surface area contributed by atoms with Gasteiger partial charge in [0.15, 0.2) is 0 Å². The first-order chi connectivity index (χ1) is 8.65. The number of carbonyl (C=O) groups excluding carboxylic acids is 1.